The van der Waals surface area contributed by atoms with E-state index in [0.29, 0.717) is 10.6 Å². The first-order valence-electron chi connectivity index (χ1n) is 9.70. The van der Waals surface area contributed by atoms with E-state index in [9.17, 15) is 17.6 Å². The number of hydrogen-bond donors (Lipinski definition) is 1. The molecule has 1 amide bonds. The summed E-state index contributed by atoms with van der Waals surface area (Å²) in [6.07, 6.45) is 0. The summed E-state index contributed by atoms with van der Waals surface area (Å²) in [6, 6.07) is 18.3. The van der Waals surface area contributed by atoms with Crippen LogP contribution in [0.1, 0.15) is 24.1 Å². The number of sulfonamides is 1. The van der Waals surface area contributed by atoms with Crippen LogP contribution in [0.3, 0.4) is 0 Å². The number of nitrogens with zero attached hydrogens (tertiary/aromatic N) is 1. The summed E-state index contributed by atoms with van der Waals surface area (Å²) in [7, 11) is -4.02. The van der Waals surface area contributed by atoms with Crippen LogP contribution in [0.15, 0.2) is 82.2 Å². The van der Waals surface area contributed by atoms with Gasteiger partial charge in [0.2, 0.25) is 15.9 Å². The summed E-state index contributed by atoms with van der Waals surface area (Å²) in [5.41, 5.74) is 1.43. The van der Waals surface area contributed by atoms with E-state index in [-0.39, 0.29) is 17.5 Å². The number of amides is 1. The number of benzene rings is 3. The summed E-state index contributed by atoms with van der Waals surface area (Å²) in [5, 5.41) is 3.23. The van der Waals surface area contributed by atoms with Crippen molar-refractivity contribution in [1.82, 2.24) is 9.62 Å². The standard InChI is InChI=1S/C23H21BrClFN2O3S/c1-16(18-3-2-4-19(24)13-18)27-23(29)15-28(14-17-5-9-21(26)10-6-17)32(30,31)22-11-7-20(25)8-12-22/h2-13,16H,14-15H2,1H3,(H,27,29)/t16-/m1/s1. The van der Waals surface area contributed by atoms with Gasteiger partial charge in [0.15, 0.2) is 0 Å². The lowest BCUT2D eigenvalue weighted by molar-refractivity contribution is -0.122. The van der Waals surface area contributed by atoms with Gasteiger partial charge in [-0.1, -0.05) is 51.8 Å². The fourth-order valence-electron chi connectivity index (χ4n) is 3.08. The molecule has 0 unspecified atom stereocenters. The van der Waals surface area contributed by atoms with Crippen LogP contribution in [0.4, 0.5) is 4.39 Å². The summed E-state index contributed by atoms with van der Waals surface area (Å²) < 4.78 is 41.8. The highest BCUT2D eigenvalue weighted by atomic mass is 79.9. The first-order valence-corrected chi connectivity index (χ1v) is 12.3. The third-order valence-corrected chi connectivity index (χ3v) is 7.32. The smallest absolute Gasteiger partial charge is 0.243 e. The van der Waals surface area contributed by atoms with Crippen molar-refractivity contribution >= 4 is 43.5 Å². The molecule has 0 aliphatic rings. The molecule has 0 spiro atoms. The van der Waals surface area contributed by atoms with Gasteiger partial charge in [-0.25, -0.2) is 12.8 Å². The molecule has 0 radical (unpaired) electrons. The molecular formula is C23H21BrClFN2O3S. The number of hydrogen-bond acceptors (Lipinski definition) is 3. The Morgan fingerprint density at radius 2 is 1.75 bits per heavy atom. The second-order valence-electron chi connectivity index (χ2n) is 7.20. The average Bonchev–Trinajstić information content (AvgIpc) is 2.75. The van der Waals surface area contributed by atoms with Gasteiger partial charge in [-0.2, -0.15) is 4.31 Å². The Kier molecular flexibility index (Phi) is 8.05. The van der Waals surface area contributed by atoms with Crippen LogP contribution in [0.5, 0.6) is 0 Å². The molecule has 3 aromatic carbocycles. The van der Waals surface area contributed by atoms with Crippen LogP contribution in [0.2, 0.25) is 5.02 Å². The SMILES string of the molecule is C[C@@H](NC(=O)CN(Cc1ccc(F)cc1)S(=O)(=O)c1ccc(Cl)cc1)c1cccc(Br)c1. The average molecular weight is 540 g/mol. The van der Waals surface area contributed by atoms with Gasteiger partial charge in [0.25, 0.3) is 0 Å². The maximum atomic E-state index is 13.3. The Morgan fingerprint density at radius 3 is 2.38 bits per heavy atom. The van der Waals surface area contributed by atoms with E-state index in [2.05, 4.69) is 21.2 Å². The molecule has 0 bridgehead atoms. The van der Waals surface area contributed by atoms with Gasteiger partial charge < -0.3 is 5.32 Å². The van der Waals surface area contributed by atoms with Crippen LogP contribution in [-0.2, 0) is 21.4 Å². The van der Waals surface area contributed by atoms with Crippen molar-refractivity contribution in [3.05, 3.63) is 99.2 Å². The maximum Gasteiger partial charge on any atom is 0.243 e. The fraction of sp³-hybridized carbons (Fsp3) is 0.174. The van der Waals surface area contributed by atoms with E-state index in [1.54, 1.807) is 0 Å². The lowest BCUT2D eigenvalue weighted by atomic mass is 10.1. The first-order chi connectivity index (χ1) is 15.1. The Labute approximate surface area is 200 Å². The van der Waals surface area contributed by atoms with Crippen LogP contribution < -0.4 is 5.32 Å². The minimum Gasteiger partial charge on any atom is -0.348 e. The van der Waals surface area contributed by atoms with Gasteiger partial charge in [-0.3, -0.25) is 4.79 Å². The van der Waals surface area contributed by atoms with E-state index in [1.807, 2.05) is 31.2 Å². The molecule has 3 rings (SSSR count). The summed E-state index contributed by atoms with van der Waals surface area (Å²) in [4.78, 5) is 12.8. The van der Waals surface area contributed by atoms with Gasteiger partial charge in [-0.15, -0.1) is 0 Å². The zero-order valence-electron chi connectivity index (χ0n) is 17.1. The van der Waals surface area contributed by atoms with E-state index in [1.165, 1.54) is 48.5 Å². The Hall–Kier alpha value is -2.26. The highest BCUT2D eigenvalue weighted by Crippen LogP contribution is 2.22. The van der Waals surface area contributed by atoms with E-state index in [4.69, 9.17) is 11.6 Å². The van der Waals surface area contributed by atoms with E-state index in [0.717, 1.165) is 14.3 Å². The minimum atomic E-state index is -4.02. The van der Waals surface area contributed by atoms with Crippen molar-refractivity contribution in [3.8, 4) is 0 Å². The normalized spacial score (nSPS) is 12.5. The Bertz CT molecular complexity index is 1190. The van der Waals surface area contributed by atoms with Gasteiger partial charge >= 0.3 is 0 Å². The van der Waals surface area contributed by atoms with Gasteiger partial charge in [-0.05, 0) is 66.6 Å². The van der Waals surface area contributed by atoms with Crippen LogP contribution in [-0.4, -0.2) is 25.2 Å². The van der Waals surface area contributed by atoms with Crippen molar-refractivity contribution in [2.24, 2.45) is 0 Å². The lowest BCUT2D eigenvalue weighted by Crippen LogP contribution is -2.41. The van der Waals surface area contributed by atoms with Crippen molar-refractivity contribution < 1.29 is 17.6 Å². The van der Waals surface area contributed by atoms with Crippen LogP contribution >= 0.6 is 27.5 Å². The molecule has 0 aliphatic carbocycles. The zero-order chi connectivity index (χ0) is 23.3. The van der Waals surface area contributed by atoms with E-state index >= 15 is 0 Å². The maximum absolute atomic E-state index is 13.3. The van der Waals surface area contributed by atoms with Crippen molar-refractivity contribution in [1.29, 1.82) is 0 Å². The molecule has 32 heavy (non-hydrogen) atoms. The number of carbonyl (C=O) groups is 1. The van der Waals surface area contributed by atoms with Crippen molar-refractivity contribution in [2.45, 2.75) is 24.4 Å². The Morgan fingerprint density at radius 1 is 1.09 bits per heavy atom. The molecule has 0 fully saturated rings. The molecule has 9 heteroatoms. The monoisotopic (exact) mass is 538 g/mol. The molecule has 1 N–H and O–H groups in total. The number of nitrogens with one attached hydrogen (secondary N) is 1. The molecular weight excluding hydrogens is 519 g/mol. The van der Waals surface area contributed by atoms with Crippen LogP contribution in [0.25, 0.3) is 0 Å². The lowest BCUT2D eigenvalue weighted by Gasteiger charge is -2.23. The van der Waals surface area contributed by atoms with Gasteiger partial charge in [0.05, 0.1) is 17.5 Å². The summed E-state index contributed by atoms with van der Waals surface area (Å²) in [6.45, 7) is 1.32. The van der Waals surface area contributed by atoms with Crippen molar-refractivity contribution in [3.63, 3.8) is 0 Å². The number of carbonyl (C=O) groups excluding carboxylic acids is 1. The Balaban J connectivity index is 1.83. The second kappa shape index (κ2) is 10.6. The van der Waals surface area contributed by atoms with Crippen LogP contribution in [0, 0.1) is 5.82 Å². The quantitative estimate of drug-likeness (QED) is 0.422. The van der Waals surface area contributed by atoms with Crippen molar-refractivity contribution in [2.75, 3.05) is 6.54 Å². The molecule has 1 atom stereocenters. The number of rotatable bonds is 8. The predicted octanol–water partition coefficient (Wildman–Crippen LogP) is 5.31. The highest BCUT2D eigenvalue weighted by molar-refractivity contribution is 9.10. The molecule has 0 saturated heterocycles. The molecule has 0 aliphatic heterocycles. The molecule has 0 saturated carbocycles. The topological polar surface area (TPSA) is 66.5 Å². The summed E-state index contributed by atoms with van der Waals surface area (Å²) in [5.74, 6) is -0.890. The highest BCUT2D eigenvalue weighted by Gasteiger charge is 2.27. The first kappa shape index (κ1) is 24.4. The zero-order valence-corrected chi connectivity index (χ0v) is 20.3. The minimum absolute atomic E-state index is 0.0110. The molecule has 3 aromatic rings. The van der Waals surface area contributed by atoms with Gasteiger partial charge in [0.1, 0.15) is 5.82 Å². The molecule has 5 nitrogen and oxygen atoms in total. The number of halogens is 3. The molecule has 0 aromatic heterocycles. The third-order valence-electron chi connectivity index (χ3n) is 4.77. The fourth-order valence-corrected chi connectivity index (χ4v) is 5.01. The predicted molar refractivity (Wildman–Crippen MR) is 126 cm³/mol. The van der Waals surface area contributed by atoms with E-state index < -0.39 is 28.3 Å². The second-order valence-corrected chi connectivity index (χ2v) is 10.5. The molecule has 168 valence electrons. The third kappa shape index (κ3) is 6.38. The van der Waals surface area contributed by atoms with Gasteiger partial charge in [0, 0.05) is 16.0 Å². The molecule has 0 heterocycles. The largest absolute Gasteiger partial charge is 0.348 e. The summed E-state index contributed by atoms with van der Waals surface area (Å²) >= 11 is 9.29.